The van der Waals surface area contributed by atoms with Crippen molar-refractivity contribution in [2.75, 3.05) is 45.3 Å². The molecule has 5 nitrogen and oxygen atoms in total. The van der Waals surface area contributed by atoms with E-state index in [1.165, 1.54) is 11.1 Å². The first-order valence-corrected chi connectivity index (χ1v) is 9.67. The van der Waals surface area contributed by atoms with Gasteiger partial charge in [-0.3, -0.25) is 4.79 Å². The SMILES string of the molecule is CN(C)C/C=C/C(=O)N(CCC1CCOCC1)c1cccc2c1CNC2.Cl.Cl. The number of benzene rings is 1. The van der Waals surface area contributed by atoms with Crippen molar-refractivity contribution < 1.29 is 9.53 Å². The van der Waals surface area contributed by atoms with Crippen LogP contribution in [-0.2, 0) is 22.6 Å². The third kappa shape index (κ3) is 6.75. The summed E-state index contributed by atoms with van der Waals surface area (Å²) in [4.78, 5) is 17.0. The molecule has 1 aromatic rings. The Morgan fingerprint density at radius 2 is 1.96 bits per heavy atom. The average Bonchev–Trinajstić information content (AvgIpc) is 3.12. The Hall–Kier alpha value is -1.11. The van der Waals surface area contributed by atoms with E-state index < -0.39 is 0 Å². The molecule has 1 N–H and O–H groups in total. The number of fused-ring (bicyclic) bond motifs is 1. The Bertz CT molecular complexity index is 647. The molecular weight excluding hydrogens is 397 g/mol. The minimum Gasteiger partial charge on any atom is -0.381 e. The highest BCUT2D eigenvalue weighted by atomic mass is 35.5. The van der Waals surface area contributed by atoms with Gasteiger partial charge in [-0.05, 0) is 56.5 Å². The van der Waals surface area contributed by atoms with Crippen LogP contribution in [-0.4, -0.2) is 51.2 Å². The second-order valence-corrected chi connectivity index (χ2v) is 7.52. The third-order valence-electron chi connectivity index (χ3n) is 5.26. The number of amides is 1. The Morgan fingerprint density at radius 1 is 1.21 bits per heavy atom. The van der Waals surface area contributed by atoms with Gasteiger partial charge in [-0.1, -0.05) is 18.2 Å². The number of ether oxygens (including phenoxy) is 1. The number of anilines is 1. The van der Waals surface area contributed by atoms with Crippen molar-refractivity contribution in [1.29, 1.82) is 0 Å². The quantitative estimate of drug-likeness (QED) is 0.674. The summed E-state index contributed by atoms with van der Waals surface area (Å²) in [5, 5.41) is 3.41. The molecule has 0 atom stereocenters. The Kier molecular flexibility index (Phi) is 11.1. The minimum atomic E-state index is 0. The number of halogens is 2. The van der Waals surface area contributed by atoms with E-state index in [0.29, 0.717) is 5.92 Å². The summed E-state index contributed by atoms with van der Waals surface area (Å²) in [7, 11) is 4.01. The molecule has 3 rings (SSSR count). The van der Waals surface area contributed by atoms with E-state index in [-0.39, 0.29) is 30.7 Å². The lowest BCUT2D eigenvalue weighted by Gasteiger charge is -2.28. The van der Waals surface area contributed by atoms with Crippen LogP contribution in [0.2, 0.25) is 0 Å². The summed E-state index contributed by atoms with van der Waals surface area (Å²) in [5.74, 6) is 0.735. The summed E-state index contributed by atoms with van der Waals surface area (Å²) in [6.07, 6.45) is 6.92. The van der Waals surface area contributed by atoms with E-state index in [2.05, 4.69) is 28.4 Å². The number of likely N-dealkylation sites (N-methyl/N-ethyl adjacent to an activating group) is 1. The average molecular weight is 430 g/mol. The van der Waals surface area contributed by atoms with Gasteiger partial charge in [0.15, 0.2) is 0 Å². The van der Waals surface area contributed by atoms with Crippen LogP contribution in [0.5, 0.6) is 0 Å². The van der Waals surface area contributed by atoms with Crippen LogP contribution >= 0.6 is 24.8 Å². The van der Waals surface area contributed by atoms with Gasteiger partial charge in [0.2, 0.25) is 0 Å². The number of hydrogen-bond acceptors (Lipinski definition) is 4. The van der Waals surface area contributed by atoms with Crippen LogP contribution in [0.1, 0.15) is 30.4 Å². The van der Waals surface area contributed by atoms with Crippen molar-refractivity contribution in [2.45, 2.75) is 32.4 Å². The first-order chi connectivity index (χ1) is 12.6. The van der Waals surface area contributed by atoms with E-state index in [9.17, 15) is 4.79 Å². The van der Waals surface area contributed by atoms with Crippen molar-refractivity contribution in [2.24, 2.45) is 5.92 Å². The fourth-order valence-electron chi connectivity index (χ4n) is 3.72. The monoisotopic (exact) mass is 429 g/mol. The minimum absolute atomic E-state index is 0. The second kappa shape index (κ2) is 12.5. The highest BCUT2D eigenvalue weighted by Crippen LogP contribution is 2.29. The van der Waals surface area contributed by atoms with E-state index in [1.54, 1.807) is 6.08 Å². The molecule has 0 aromatic heterocycles. The van der Waals surface area contributed by atoms with Crippen molar-refractivity contribution in [1.82, 2.24) is 10.2 Å². The highest BCUT2D eigenvalue weighted by Gasteiger charge is 2.23. The molecule has 1 fully saturated rings. The van der Waals surface area contributed by atoms with Gasteiger partial charge in [0.25, 0.3) is 5.91 Å². The summed E-state index contributed by atoms with van der Waals surface area (Å²) in [6, 6.07) is 6.31. The zero-order chi connectivity index (χ0) is 18.4. The summed E-state index contributed by atoms with van der Waals surface area (Å²) in [5.41, 5.74) is 3.65. The number of carbonyl (C=O) groups is 1. The fourth-order valence-corrected chi connectivity index (χ4v) is 3.72. The van der Waals surface area contributed by atoms with Crippen LogP contribution < -0.4 is 10.2 Å². The van der Waals surface area contributed by atoms with E-state index in [0.717, 1.165) is 64.3 Å². The molecule has 1 saturated heterocycles. The molecule has 2 heterocycles. The predicted octanol–water partition coefficient (Wildman–Crippen LogP) is 3.40. The molecule has 158 valence electrons. The van der Waals surface area contributed by atoms with Gasteiger partial charge in [-0.2, -0.15) is 0 Å². The molecule has 0 saturated carbocycles. The Labute approximate surface area is 181 Å². The van der Waals surface area contributed by atoms with Gasteiger partial charge in [-0.15, -0.1) is 24.8 Å². The van der Waals surface area contributed by atoms with Gasteiger partial charge < -0.3 is 19.9 Å². The molecular formula is C21H33Cl2N3O2. The number of hydrogen-bond donors (Lipinski definition) is 1. The fraction of sp³-hybridized carbons (Fsp3) is 0.571. The maximum atomic E-state index is 13.0. The van der Waals surface area contributed by atoms with Crippen LogP contribution in [0.4, 0.5) is 5.69 Å². The van der Waals surface area contributed by atoms with Gasteiger partial charge in [0.05, 0.1) is 0 Å². The van der Waals surface area contributed by atoms with Crippen LogP contribution in [0, 0.1) is 5.92 Å². The first-order valence-electron chi connectivity index (χ1n) is 9.67. The maximum Gasteiger partial charge on any atom is 0.250 e. The smallest absolute Gasteiger partial charge is 0.250 e. The van der Waals surface area contributed by atoms with Crippen LogP contribution in [0.15, 0.2) is 30.4 Å². The Morgan fingerprint density at radius 3 is 2.68 bits per heavy atom. The molecule has 0 radical (unpaired) electrons. The van der Waals surface area contributed by atoms with Crippen molar-refractivity contribution in [3.8, 4) is 0 Å². The summed E-state index contributed by atoms with van der Waals surface area (Å²) >= 11 is 0. The van der Waals surface area contributed by atoms with Gasteiger partial charge in [0, 0.05) is 51.2 Å². The molecule has 0 bridgehead atoms. The Balaban J connectivity index is 0.00000196. The number of rotatable bonds is 7. The number of nitrogens with one attached hydrogen (secondary N) is 1. The zero-order valence-electron chi connectivity index (χ0n) is 16.9. The largest absolute Gasteiger partial charge is 0.381 e. The molecule has 1 amide bonds. The molecule has 28 heavy (non-hydrogen) atoms. The van der Waals surface area contributed by atoms with E-state index >= 15 is 0 Å². The first kappa shape index (κ1) is 24.9. The van der Waals surface area contributed by atoms with Gasteiger partial charge in [-0.25, -0.2) is 0 Å². The molecule has 2 aliphatic heterocycles. The van der Waals surface area contributed by atoms with Crippen LogP contribution in [0.25, 0.3) is 0 Å². The van der Waals surface area contributed by atoms with E-state index in [1.807, 2.05) is 25.1 Å². The molecule has 0 unspecified atom stereocenters. The zero-order valence-corrected chi connectivity index (χ0v) is 18.5. The van der Waals surface area contributed by atoms with Crippen molar-refractivity contribution in [3.05, 3.63) is 41.5 Å². The van der Waals surface area contributed by atoms with Crippen LogP contribution in [0.3, 0.4) is 0 Å². The maximum absolute atomic E-state index is 13.0. The van der Waals surface area contributed by atoms with E-state index in [4.69, 9.17) is 4.74 Å². The molecule has 1 aromatic carbocycles. The van der Waals surface area contributed by atoms with Crippen molar-refractivity contribution >= 4 is 36.4 Å². The summed E-state index contributed by atoms with van der Waals surface area (Å²) < 4.78 is 5.47. The van der Waals surface area contributed by atoms with Gasteiger partial charge in [0.1, 0.15) is 0 Å². The predicted molar refractivity (Wildman–Crippen MR) is 120 cm³/mol. The number of carbonyl (C=O) groups excluding carboxylic acids is 1. The highest BCUT2D eigenvalue weighted by molar-refractivity contribution is 6.02. The topological polar surface area (TPSA) is 44.8 Å². The normalized spacial score (nSPS) is 16.5. The molecule has 0 aliphatic carbocycles. The lowest BCUT2D eigenvalue weighted by Crippen LogP contribution is -2.33. The standard InChI is InChI=1S/C21H31N3O2.2ClH/c1-23(2)11-4-7-21(25)24(12-8-17-9-13-26-14-10-17)20-6-3-5-18-15-22-16-19(18)20;;/h3-7,17,22H,8-16H2,1-2H3;2*1H/b7-4+;;. The lowest BCUT2D eigenvalue weighted by molar-refractivity contribution is -0.114. The molecule has 7 heteroatoms. The lowest BCUT2D eigenvalue weighted by atomic mass is 9.96. The number of nitrogens with zero attached hydrogens (tertiary/aromatic N) is 2. The van der Waals surface area contributed by atoms with Crippen molar-refractivity contribution in [3.63, 3.8) is 0 Å². The third-order valence-corrected chi connectivity index (χ3v) is 5.26. The second-order valence-electron chi connectivity index (χ2n) is 7.52. The van der Waals surface area contributed by atoms with Gasteiger partial charge >= 0.3 is 0 Å². The summed E-state index contributed by atoms with van der Waals surface area (Å²) in [6.45, 7) is 4.98. The molecule has 2 aliphatic rings. The molecule has 0 spiro atoms.